The average molecular weight is 233 g/mol. The fourth-order valence-electron chi connectivity index (χ4n) is 1.61. The van der Waals surface area contributed by atoms with Gasteiger partial charge in [-0.1, -0.05) is 25.3 Å². The lowest BCUT2D eigenvalue weighted by Gasteiger charge is -2.12. The third-order valence-corrected chi connectivity index (χ3v) is 2.58. The molecule has 1 atom stereocenters. The number of hydrogen-bond acceptors (Lipinski definition) is 3. The summed E-state index contributed by atoms with van der Waals surface area (Å²) in [5.74, 6) is 3.36. The van der Waals surface area contributed by atoms with E-state index < -0.39 is 0 Å². The van der Waals surface area contributed by atoms with Gasteiger partial charge in [0.1, 0.15) is 0 Å². The van der Waals surface area contributed by atoms with Crippen LogP contribution in [0.15, 0.2) is 18.2 Å². The second-order valence-corrected chi connectivity index (χ2v) is 3.90. The van der Waals surface area contributed by atoms with E-state index in [-0.39, 0.29) is 11.8 Å². The Morgan fingerprint density at radius 2 is 2.29 bits per heavy atom. The summed E-state index contributed by atoms with van der Waals surface area (Å²) in [5, 5.41) is 12.7. The lowest BCUT2D eigenvalue weighted by atomic mass is 10.1. The van der Waals surface area contributed by atoms with Crippen molar-refractivity contribution in [3.05, 3.63) is 23.8 Å². The van der Waals surface area contributed by atoms with Crippen LogP contribution >= 0.6 is 0 Å². The minimum absolute atomic E-state index is 0.0970. The van der Waals surface area contributed by atoms with Gasteiger partial charge in [-0.05, 0) is 24.1 Å². The number of nitrogens with one attached hydrogen (secondary N) is 1. The average Bonchev–Trinajstić information content (AvgIpc) is 2.36. The fourth-order valence-corrected chi connectivity index (χ4v) is 1.61. The van der Waals surface area contributed by atoms with Gasteiger partial charge in [-0.25, -0.2) is 0 Å². The molecule has 0 radical (unpaired) electrons. The van der Waals surface area contributed by atoms with Gasteiger partial charge in [-0.3, -0.25) is 5.32 Å². The summed E-state index contributed by atoms with van der Waals surface area (Å²) in [5.41, 5.74) is 1.04. The van der Waals surface area contributed by atoms with Gasteiger partial charge in [0.2, 0.25) is 0 Å². The van der Waals surface area contributed by atoms with E-state index in [1.165, 1.54) is 7.11 Å². The van der Waals surface area contributed by atoms with Crippen molar-refractivity contribution in [3.63, 3.8) is 0 Å². The zero-order valence-electron chi connectivity index (χ0n) is 10.4. The van der Waals surface area contributed by atoms with Gasteiger partial charge in [-0.15, -0.1) is 6.42 Å². The van der Waals surface area contributed by atoms with Crippen LogP contribution in [0.3, 0.4) is 0 Å². The van der Waals surface area contributed by atoms with Crippen molar-refractivity contribution in [2.75, 3.05) is 7.11 Å². The van der Waals surface area contributed by atoms with Crippen LogP contribution in [0.2, 0.25) is 0 Å². The van der Waals surface area contributed by atoms with Crippen molar-refractivity contribution >= 4 is 0 Å². The lowest BCUT2D eigenvalue weighted by Crippen LogP contribution is -2.26. The Balaban J connectivity index is 2.60. The Morgan fingerprint density at radius 1 is 1.53 bits per heavy atom. The maximum Gasteiger partial charge on any atom is 0.160 e. The third kappa shape index (κ3) is 4.01. The predicted octanol–water partition coefficient (Wildman–Crippen LogP) is 2.29. The number of benzene rings is 1. The molecule has 1 aromatic rings. The van der Waals surface area contributed by atoms with E-state index in [0.29, 0.717) is 12.3 Å². The largest absolute Gasteiger partial charge is 0.504 e. The van der Waals surface area contributed by atoms with Gasteiger partial charge in [-0.2, -0.15) is 0 Å². The molecular formula is C14H19NO2. The van der Waals surface area contributed by atoms with Crippen LogP contribution in [0.25, 0.3) is 0 Å². The zero-order valence-corrected chi connectivity index (χ0v) is 10.4. The molecule has 0 bridgehead atoms. The number of phenolic OH excluding ortho intramolecular Hbond substituents is 1. The van der Waals surface area contributed by atoms with Crippen LogP contribution in [-0.4, -0.2) is 18.3 Å². The topological polar surface area (TPSA) is 41.5 Å². The molecule has 0 saturated carbocycles. The van der Waals surface area contributed by atoms with Crippen molar-refractivity contribution in [2.24, 2.45) is 0 Å². The summed E-state index contributed by atoms with van der Waals surface area (Å²) < 4.78 is 5.05. The molecule has 0 amide bonds. The second-order valence-electron chi connectivity index (χ2n) is 3.90. The number of phenols is 1. The highest BCUT2D eigenvalue weighted by Gasteiger charge is 2.05. The quantitative estimate of drug-likeness (QED) is 0.741. The number of methoxy groups -OCH3 is 1. The summed E-state index contributed by atoms with van der Waals surface area (Å²) >= 11 is 0. The standard InChI is InChI=1S/C14H19NO2/c1-4-6-12(5-2)15-10-11-7-8-13(16)14(9-11)17-3/h2,7-9,12,15-16H,4,6,10H2,1,3H3. The smallest absolute Gasteiger partial charge is 0.160 e. The summed E-state index contributed by atoms with van der Waals surface area (Å²) in [4.78, 5) is 0. The molecule has 92 valence electrons. The summed E-state index contributed by atoms with van der Waals surface area (Å²) in [7, 11) is 1.54. The molecule has 0 fully saturated rings. The van der Waals surface area contributed by atoms with E-state index in [0.717, 1.165) is 18.4 Å². The predicted molar refractivity (Wildman–Crippen MR) is 69.0 cm³/mol. The molecule has 1 aromatic carbocycles. The first-order valence-electron chi connectivity index (χ1n) is 5.76. The normalized spacial score (nSPS) is 11.8. The molecule has 0 heterocycles. The first-order valence-corrected chi connectivity index (χ1v) is 5.76. The first kappa shape index (κ1) is 13.4. The third-order valence-electron chi connectivity index (χ3n) is 2.58. The van der Waals surface area contributed by atoms with Crippen molar-refractivity contribution < 1.29 is 9.84 Å². The Morgan fingerprint density at radius 3 is 2.88 bits per heavy atom. The molecule has 1 unspecified atom stereocenters. The Kier molecular flexibility index (Phi) is 5.38. The molecule has 0 aromatic heterocycles. The molecule has 17 heavy (non-hydrogen) atoms. The van der Waals surface area contributed by atoms with Crippen molar-refractivity contribution in [2.45, 2.75) is 32.4 Å². The number of ether oxygens (including phenoxy) is 1. The molecule has 0 saturated heterocycles. The van der Waals surface area contributed by atoms with Gasteiger partial charge in [0.15, 0.2) is 11.5 Å². The Hall–Kier alpha value is -1.66. The van der Waals surface area contributed by atoms with Crippen LogP contribution in [0.1, 0.15) is 25.3 Å². The summed E-state index contributed by atoms with van der Waals surface area (Å²) in [6.45, 7) is 2.78. The maximum absolute atomic E-state index is 9.47. The SMILES string of the molecule is C#CC(CCC)NCc1ccc(O)c(OC)c1. The molecule has 0 spiro atoms. The van der Waals surface area contributed by atoms with Crippen LogP contribution in [0.5, 0.6) is 11.5 Å². The van der Waals surface area contributed by atoms with Crippen molar-refractivity contribution in [1.82, 2.24) is 5.32 Å². The van der Waals surface area contributed by atoms with Crippen molar-refractivity contribution in [1.29, 1.82) is 0 Å². The van der Waals surface area contributed by atoms with Crippen LogP contribution in [0.4, 0.5) is 0 Å². The van der Waals surface area contributed by atoms with E-state index in [2.05, 4.69) is 18.2 Å². The summed E-state index contributed by atoms with van der Waals surface area (Å²) in [6.07, 6.45) is 7.45. The molecule has 3 heteroatoms. The minimum atomic E-state index is 0.0970. The molecular weight excluding hydrogens is 214 g/mol. The highest BCUT2D eigenvalue weighted by molar-refractivity contribution is 5.41. The Bertz CT molecular complexity index is 396. The van der Waals surface area contributed by atoms with Crippen LogP contribution in [0, 0.1) is 12.3 Å². The fraction of sp³-hybridized carbons (Fsp3) is 0.429. The minimum Gasteiger partial charge on any atom is -0.504 e. The molecule has 0 aliphatic carbocycles. The van der Waals surface area contributed by atoms with E-state index >= 15 is 0 Å². The number of hydrogen-bond donors (Lipinski definition) is 2. The number of aromatic hydroxyl groups is 1. The maximum atomic E-state index is 9.47. The van der Waals surface area contributed by atoms with E-state index in [1.807, 2.05) is 12.1 Å². The first-order chi connectivity index (χ1) is 8.21. The molecule has 3 nitrogen and oxygen atoms in total. The number of rotatable bonds is 6. The monoisotopic (exact) mass is 233 g/mol. The highest BCUT2D eigenvalue weighted by atomic mass is 16.5. The van der Waals surface area contributed by atoms with Crippen LogP contribution in [-0.2, 0) is 6.54 Å². The van der Waals surface area contributed by atoms with Gasteiger partial charge < -0.3 is 9.84 Å². The van der Waals surface area contributed by atoms with Gasteiger partial charge in [0.25, 0.3) is 0 Å². The van der Waals surface area contributed by atoms with E-state index in [1.54, 1.807) is 6.07 Å². The molecule has 1 rings (SSSR count). The number of terminal acetylenes is 1. The zero-order chi connectivity index (χ0) is 12.7. The highest BCUT2D eigenvalue weighted by Crippen LogP contribution is 2.26. The van der Waals surface area contributed by atoms with Gasteiger partial charge in [0, 0.05) is 6.54 Å². The Labute approximate surface area is 103 Å². The van der Waals surface area contributed by atoms with Gasteiger partial charge in [0.05, 0.1) is 13.2 Å². The van der Waals surface area contributed by atoms with Crippen LogP contribution < -0.4 is 10.1 Å². The molecule has 2 N–H and O–H groups in total. The van der Waals surface area contributed by atoms with Crippen molar-refractivity contribution in [3.8, 4) is 23.8 Å². The van der Waals surface area contributed by atoms with E-state index in [4.69, 9.17) is 11.2 Å². The molecule has 0 aliphatic rings. The molecule has 0 aliphatic heterocycles. The second kappa shape index (κ2) is 6.82. The lowest BCUT2D eigenvalue weighted by molar-refractivity contribution is 0.372. The summed E-state index contributed by atoms with van der Waals surface area (Å²) in [6, 6.07) is 5.38. The van der Waals surface area contributed by atoms with Gasteiger partial charge >= 0.3 is 0 Å². The van der Waals surface area contributed by atoms with E-state index in [9.17, 15) is 5.11 Å².